The van der Waals surface area contributed by atoms with Gasteiger partial charge < -0.3 is 4.74 Å². The number of alkyl halides is 3. The lowest BCUT2D eigenvalue weighted by Crippen LogP contribution is -2.04. The second-order valence-corrected chi connectivity index (χ2v) is 3.62. The fourth-order valence-electron chi connectivity index (χ4n) is 1.46. The van der Waals surface area contributed by atoms with Gasteiger partial charge in [-0.2, -0.15) is 18.3 Å². The zero-order valence-electron chi connectivity index (χ0n) is 9.45. The van der Waals surface area contributed by atoms with E-state index in [1.807, 2.05) is 0 Å². The Hall–Kier alpha value is -1.89. The van der Waals surface area contributed by atoms with Gasteiger partial charge in [0, 0.05) is 12.7 Å². The van der Waals surface area contributed by atoms with Crippen molar-refractivity contribution in [1.29, 1.82) is 0 Å². The molecule has 0 saturated heterocycles. The molecule has 18 heavy (non-hydrogen) atoms. The minimum absolute atomic E-state index is 0.216. The monoisotopic (exact) mass is 257 g/mol. The Kier molecular flexibility index (Phi) is 3.33. The number of ether oxygens (including phenoxy) is 1. The molecule has 1 aromatic carbocycles. The highest BCUT2D eigenvalue weighted by Gasteiger charge is 2.30. The van der Waals surface area contributed by atoms with Crippen molar-refractivity contribution in [2.24, 2.45) is 0 Å². The minimum atomic E-state index is -4.37. The number of benzene rings is 1. The molecule has 0 saturated carbocycles. The molecule has 2 aromatic rings. The predicted octanol–water partition coefficient (Wildman–Crippen LogP) is 2.64. The van der Waals surface area contributed by atoms with Crippen LogP contribution in [0.5, 0.6) is 0 Å². The van der Waals surface area contributed by atoms with E-state index in [2.05, 4.69) is 15.2 Å². The van der Waals surface area contributed by atoms with Gasteiger partial charge in [-0.1, -0.05) is 12.1 Å². The second kappa shape index (κ2) is 4.77. The first-order valence-corrected chi connectivity index (χ1v) is 5.08. The number of rotatable bonds is 3. The van der Waals surface area contributed by atoms with Crippen molar-refractivity contribution in [3.05, 3.63) is 35.7 Å². The first kappa shape index (κ1) is 12.6. The van der Waals surface area contributed by atoms with Gasteiger partial charge in [-0.15, -0.1) is 0 Å². The lowest BCUT2D eigenvalue weighted by atomic mass is 10.1. The molecule has 4 nitrogen and oxygen atoms in total. The largest absolute Gasteiger partial charge is 0.416 e. The summed E-state index contributed by atoms with van der Waals surface area (Å²) >= 11 is 0. The quantitative estimate of drug-likeness (QED) is 0.919. The summed E-state index contributed by atoms with van der Waals surface area (Å²) in [5.41, 5.74) is -0.415. The first-order chi connectivity index (χ1) is 8.50. The maximum Gasteiger partial charge on any atom is 0.416 e. The van der Waals surface area contributed by atoms with Gasteiger partial charge in [0.1, 0.15) is 6.61 Å². The zero-order chi connectivity index (χ0) is 13.2. The number of hydrogen-bond acceptors (Lipinski definition) is 3. The lowest BCUT2D eigenvalue weighted by Gasteiger charge is -2.06. The molecule has 1 N–H and O–H groups in total. The van der Waals surface area contributed by atoms with E-state index in [4.69, 9.17) is 4.74 Å². The highest BCUT2D eigenvalue weighted by Crippen LogP contribution is 2.31. The van der Waals surface area contributed by atoms with E-state index in [-0.39, 0.29) is 12.4 Å². The average Bonchev–Trinajstić information content (AvgIpc) is 2.77. The third-order valence-electron chi connectivity index (χ3n) is 2.26. The molecule has 0 amide bonds. The van der Waals surface area contributed by atoms with Crippen LogP contribution in [0.1, 0.15) is 11.4 Å². The number of hydrogen-bond donors (Lipinski definition) is 1. The van der Waals surface area contributed by atoms with Gasteiger partial charge in [-0.25, -0.2) is 4.98 Å². The lowest BCUT2D eigenvalue weighted by molar-refractivity contribution is -0.137. The summed E-state index contributed by atoms with van der Waals surface area (Å²) in [6.07, 6.45) is -4.37. The molecule has 1 heterocycles. The van der Waals surface area contributed by atoms with E-state index < -0.39 is 11.7 Å². The zero-order valence-corrected chi connectivity index (χ0v) is 9.45. The molecule has 1 aromatic heterocycles. The van der Waals surface area contributed by atoms with E-state index in [0.717, 1.165) is 12.1 Å². The molecule has 7 heteroatoms. The second-order valence-electron chi connectivity index (χ2n) is 3.62. The fraction of sp³-hybridized carbons (Fsp3) is 0.273. The summed E-state index contributed by atoms with van der Waals surface area (Å²) < 4.78 is 42.5. The van der Waals surface area contributed by atoms with Crippen molar-refractivity contribution >= 4 is 0 Å². The molecule has 2 rings (SSSR count). The normalized spacial score (nSPS) is 11.8. The van der Waals surface area contributed by atoms with Crippen molar-refractivity contribution in [3.63, 3.8) is 0 Å². The highest BCUT2D eigenvalue weighted by atomic mass is 19.4. The Balaban J connectivity index is 2.32. The molecule has 0 aliphatic heterocycles. The van der Waals surface area contributed by atoms with E-state index in [1.54, 1.807) is 0 Å². The third-order valence-corrected chi connectivity index (χ3v) is 2.26. The molecular formula is C11H10F3N3O. The minimum Gasteiger partial charge on any atom is -0.377 e. The van der Waals surface area contributed by atoms with Gasteiger partial charge in [0.05, 0.1) is 5.56 Å². The van der Waals surface area contributed by atoms with Crippen LogP contribution in [0.15, 0.2) is 24.3 Å². The van der Waals surface area contributed by atoms with Crippen molar-refractivity contribution in [1.82, 2.24) is 15.2 Å². The molecule has 0 bridgehead atoms. The first-order valence-electron chi connectivity index (χ1n) is 5.08. The summed E-state index contributed by atoms with van der Waals surface area (Å²) in [5, 5.41) is 6.44. The van der Waals surface area contributed by atoms with Crippen LogP contribution >= 0.6 is 0 Å². The SMILES string of the molecule is COCc1nc(-c2cccc(C(F)(F)F)c2)n[nH]1. The van der Waals surface area contributed by atoms with Crippen molar-refractivity contribution < 1.29 is 17.9 Å². The van der Waals surface area contributed by atoms with Crippen LogP contribution in [0.2, 0.25) is 0 Å². The predicted molar refractivity (Wildman–Crippen MR) is 57.5 cm³/mol. The number of aromatic nitrogens is 3. The maximum absolute atomic E-state index is 12.5. The van der Waals surface area contributed by atoms with Crippen LogP contribution in [0.25, 0.3) is 11.4 Å². The third kappa shape index (κ3) is 2.67. The van der Waals surface area contributed by atoms with Gasteiger partial charge >= 0.3 is 6.18 Å². The highest BCUT2D eigenvalue weighted by molar-refractivity contribution is 5.56. The van der Waals surface area contributed by atoms with Crippen LogP contribution in [-0.2, 0) is 17.5 Å². The molecule has 96 valence electrons. The van der Waals surface area contributed by atoms with Crippen LogP contribution in [0, 0.1) is 0 Å². The van der Waals surface area contributed by atoms with E-state index >= 15 is 0 Å². The van der Waals surface area contributed by atoms with E-state index in [9.17, 15) is 13.2 Å². The average molecular weight is 257 g/mol. The fourth-order valence-corrected chi connectivity index (χ4v) is 1.46. The van der Waals surface area contributed by atoms with E-state index in [1.165, 1.54) is 19.2 Å². The number of nitrogens with one attached hydrogen (secondary N) is 1. The maximum atomic E-state index is 12.5. The standard InChI is InChI=1S/C11H10F3N3O/c1-18-6-9-15-10(17-16-9)7-3-2-4-8(5-7)11(12,13)14/h2-5H,6H2,1H3,(H,15,16,17). The molecule has 0 aliphatic rings. The van der Waals surface area contributed by atoms with E-state index in [0.29, 0.717) is 11.4 Å². The van der Waals surface area contributed by atoms with Gasteiger partial charge in [0.25, 0.3) is 0 Å². The summed E-state index contributed by atoms with van der Waals surface area (Å²) in [7, 11) is 1.49. The van der Waals surface area contributed by atoms with Crippen LogP contribution in [0.3, 0.4) is 0 Å². The molecule has 0 aliphatic carbocycles. The smallest absolute Gasteiger partial charge is 0.377 e. The molecule has 0 unspecified atom stereocenters. The Morgan fingerprint density at radius 3 is 2.78 bits per heavy atom. The molecule has 0 atom stereocenters. The Morgan fingerprint density at radius 2 is 2.11 bits per heavy atom. The Labute approximate surface area is 101 Å². The molecule has 0 spiro atoms. The molecular weight excluding hydrogens is 247 g/mol. The number of halogens is 3. The van der Waals surface area contributed by atoms with Crippen molar-refractivity contribution in [2.75, 3.05) is 7.11 Å². The summed E-state index contributed by atoms with van der Waals surface area (Å²) in [6, 6.07) is 4.87. The summed E-state index contributed by atoms with van der Waals surface area (Å²) in [5.74, 6) is 0.679. The molecule has 0 fully saturated rings. The summed E-state index contributed by atoms with van der Waals surface area (Å²) in [6.45, 7) is 0.228. The summed E-state index contributed by atoms with van der Waals surface area (Å²) in [4.78, 5) is 4.03. The van der Waals surface area contributed by atoms with Crippen LogP contribution < -0.4 is 0 Å². The Morgan fingerprint density at radius 1 is 1.33 bits per heavy atom. The van der Waals surface area contributed by atoms with Gasteiger partial charge in [-0.3, -0.25) is 5.10 Å². The number of H-pyrrole nitrogens is 1. The van der Waals surface area contributed by atoms with Crippen molar-refractivity contribution in [3.8, 4) is 11.4 Å². The van der Waals surface area contributed by atoms with Gasteiger partial charge in [0.15, 0.2) is 11.6 Å². The van der Waals surface area contributed by atoms with Crippen LogP contribution in [-0.4, -0.2) is 22.3 Å². The number of aromatic amines is 1. The Bertz CT molecular complexity index is 536. The van der Waals surface area contributed by atoms with Crippen molar-refractivity contribution in [2.45, 2.75) is 12.8 Å². The number of nitrogens with zero attached hydrogens (tertiary/aromatic N) is 2. The number of methoxy groups -OCH3 is 1. The topological polar surface area (TPSA) is 50.8 Å². The molecule has 0 radical (unpaired) electrons. The van der Waals surface area contributed by atoms with Gasteiger partial charge in [-0.05, 0) is 12.1 Å². The van der Waals surface area contributed by atoms with Crippen LogP contribution in [0.4, 0.5) is 13.2 Å². The van der Waals surface area contributed by atoms with Gasteiger partial charge in [0.2, 0.25) is 0 Å².